The second kappa shape index (κ2) is 6.30. The highest BCUT2D eigenvalue weighted by Gasteiger charge is 2.05. The fraction of sp³-hybridized carbons (Fsp3) is 0.0667. The van der Waals surface area contributed by atoms with Gasteiger partial charge in [-0.1, -0.05) is 12.1 Å². The van der Waals surface area contributed by atoms with Crippen LogP contribution in [0.1, 0.15) is 12.5 Å². The molecule has 23 heavy (non-hydrogen) atoms. The summed E-state index contributed by atoms with van der Waals surface area (Å²) in [6.45, 7) is 1.77. The summed E-state index contributed by atoms with van der Waals surface area (Å²) in [5.41, 5.74) is 4.91. The zero-order valence-corrected chi connectivity index (χ0v) is 12.1. The van der Waals surface area contributed by atoms with Crippen LogP contribution in [-0.2, 0) is 0 Å². The van der Waals surface area contributed by atoms with E-state index in [-0.39, 0.29) is 5.69 Å². The highest BCUT2D eigenvalue weighted by Crippen LogP contribution is 2.15. The lowest BCUT2D eigenvalue weighted by Crippen LogP contribution is -2.03. The third-order valence-electron chi connectivity index (χ3n) is 3.15. The number of nitrogens with zero attached hydrogens (tertiary/aromatic N) is 5. The SMILES string of the molecule is C/C(=N\Nc1ccc(F)cc1F)c1cccc(-n2cnnn2)c1. The smallest absolute Gasteiger partial charge is 0.151 e. The Hall–Kier alpha value is -3.16. The minimum atomic E-state index is -0.705. The van der Waals surface area contributed by atoms with Crippen molar-refractivity contribution < 1.29 is 8.78 Å². The molecule has 116 valence electrons. The molecule has 1 aromatic heterocycles. The summed E-state index contributed by atoms with van der Waals surface area (Å²) in [4.78, 5) is 0. The molecule has 6 nitrogen and oxygen atoms in total. The molecule has 0 fully saturated rings. The van der Waals surface area contributed by atoms with Gasteiger partial charge in [0.1, 0.15) is 12.1 Å². The van der Waals surface area contributed by atoms with Crippen molar-refractivity contribution in [2.24, 2.45) is 5.10 Å². The molecule has 0 spiro atoms. The molecule has 0 unspecified atom stereocenters. The van der Waals surface area contributed by atoms with E-state index in [0.717, 1.165) is 23.4 Å². The summed E-state index contributed by atoms with van der Waals surface area (Å²) in [7, 11) is 0. The summed E-state index contributed by atoms with van der Waals surface area (Å²) < 4.78 is 27.9. The largest absolute Gasteiger partial charge is 0.275 e. The summed E-state index contributed by atoms with van der Waals surface area (Å²) in [6, 6.07) is 10.6. The maximum absolute atomic E-state index is 13.6. The number of rotatable bonds is 4. The average Bonchev–Trinajstić information content (AvgIpc) is 3.08. The molecule has 0 aliphatic rings. The topological polar surface area (TPSA) is 68.0 Å². The second-order valence-electron chi connectivity index (χ2n) is 4.74. The lowest BCUT2D eigenvalue weighted by atomic mass is 10.1. The quantitative estimate of drug-likeness (QED) is 0.594. The summed E-state index contributed by atoms with van der Waals surface area (Å²) in [5, 5.41) is 15.1. The number of anilines is 1. The number of benzene rings is 2. The zero-order chi connectivity index (χ0) is 16.2. The number of hydrogen-bond donors (Lipinski definition) is 1. The maximum Gasteiger partial charge on any atom is 0.151 e. The van der Waals surface area contributed by atoms with Gasteiger partial charge in [0.25, 0.3) is 0 Å². The van der Waals surface area contributed by atoms with E-state index in [1.807, 2.05) is 24.3 Å². The van der Waals surface area contributed by atoms with Crippen LogP contribution in [0.2, 0.25) is 0 Å². The molecule has 0 radical (unpaired) electrons. The predicted molar refractivity (Wildman–Crippen MR) is 81.3 cm³/mol. The van der Waals surface area contributed by atoms with Crippen LogP contribution in [0.15, 0.2) is 53.9 Å². The van der Waals surface area contributed by atoms with Gasteiger partial charge in [-0.05, 0) is 47.2 Å². The lowest BCUT2D eigenvalue weighted by Gasteiger charge is -2.06. The van der Waals surface area contributed by atoms with Crippen LogP contribution in [0.25, 0.3) is 5.69 Å². The van der Waals surface area contributed by atoms with E-state index in [1.165, 1.54) is 17.1 Å². The van der Waals surface area contributed by atoms with E-state index in [4.69, 9.17) is 0 Å². The fourth-order valence-electron chi connectivity index (χ4n) is 1.94. The standard InChI is InChI=1S/C15H12F2N6/c1-10(19-20-15-6-5-12(16)8-14(15)17)11-3-2-4-13(7-11)23-9-18-21-22-23/h2-9,20H,1H3/b19-10+. The number of nitrogens with one attached hydrogen (secondary N) is 1. The van der Waals surface area contributed by atoms with Crippen LogP contribution in [-0.4, -0.2) is 25.9 Å². The second-order valence-corrected chi connectivity index (χ2v) is 4.74. The summed E-state index contributed by atoms with van der Waals surface area (Å²) in [6.07, 6.45) is 1.48. The molecule has 0 bridgehead atoms. The Morgan fingerprint density at radius 1 is 1.17 bits per heavy atom. The van der Waals surface area contributed by atoms with E-state index in [1.54, 1.807) is 6.92 Å². The van der Waals surface area contributed by atoms with Crippen molar-refractivity contribution in [2.45, 2.75) is 6.92 Å². The fourth-order valence-corrected chi connectivity index (χ4v) is 1.94. The number of hydrogen-bond acceptors (Lipinski definition) is 5. The third kappa shape index (κ3) is 3.37. The van der Waals surface area contributed by atoms with E-state index < -0.39 is 11.6 Å². The molecule has 1 N–H and O–H groups in total. The van der Waals surface area contributed by atoms with Gasteiger partial charge in [-0.2, -0.15) is 5.10 Å². The highest BCUT2D eigenvalue weighted by atomic mass is 19.1. The summed E-state index contributed by atoms with van der Waals surface area (Å²) >= 11 is 0. The lowest BCUT2D eigenvalue weighted by molar-refractivity contribution is 0.585. The normalized spacial score (nSPS) is 11.5. The molecule has 3 aromatic rings. The van der Waals surface area contributed by atoms with Crippen LogP contribution in [0.3, 0.4) is 0 Å². The van der Waals surface area contributed by atoms with Crippen molar-refractivity contribution in [3.8, 4) is 5.69 Å². The van der Waals surface area contributed by atoms with E-state index in [0.29, 0.717) is 5.71 Å². The molecule has 0 aliphatic heterocycles. The van der Waals surface area contributed by atoms with Crippen molar-refractivity contribution in [1.82, 2.24) is 20.2 Å². The van der Waals surface area contributed by atoms with Gasteiger partial charge in [-0.15, -0.1) is 5.10 Å². The first-order valence-electron chi connectivity index (χ1n) is 6.72. The van der Waals surface area contributed by atoms with Crippen LogP contribution >= 0.6 is 0 Å². The molecular weight excluding hydrogens is 302 g/mol. The summed E-state index contributed by atoms with van der Waals surface area (Å²) in [5.74, 6) is -1.34. The molecule has 0 aliphatic carbocycles. The minimum absolute atomic E-state index is 0.0994. The Morgan fingerprint density at radius 3 is 2.78 bits per heavy atom. The van der Waals surface area contributed by atoms with Crippen molar-refractivity contribution in [3.63, 3.8) is 0 Å². The molecular formula is C15H12F2N6. The van der Waals surface area contributed by atoms with Gasteiger partial charge in [0.05, 0.1) is 17.1 Å². The Balaban J connectivity index is 1.82. The van der Waals surface area contributed by atoms with Crippen molar-refractivity contribution in [1.29, 1.82) is 0 Å². The first-order chi connectivity index (χ1) is 11.1. The van der Waals surface area contributed by atoms with Crippen LogP contribution in [0, 0.1) is 11.6 Å². The molecule has 0 atom stereocenters. The zero-order valence-electron chi connectivity index (χ0n) is 12.1. The Labute approximate surface area is 130 Å². The van der Waals surface area contributed by atoms with Gasteiger partial charge >= 0.3 is 0 Å². The number of aromatic nitrogens is 4. The number of tetrazole rings is 1. The maximum atomic E-state index is 13.6. The first kappa shape index (κ1) is 14.8. The van der Waals surface area contributed by atoms with Gasteiger partial charge in [0.2, 0.25) is 0 Å². The molecule has 1 heterocycles. The van der Waals surface area contributed by atoms with E-state index in [9.17, 15) is 8.78 Å². The number of halogens is 2. The van der Waals surface area contributed by atoms with Crippen molar-refractivity contribution in [2.75, 3.05) is 5.43 Å². The third-order valence-corrected chi connectivity index (χ3v) is 3.15. The molecule has 3 rings (SSSR count). The van der Waals surface area contributed by atoms with Gasteiger partial charge in [0.15, 0.2) is 5.82 Å². The monoisotopic (exact) mass is 314 g/mol. The molecule has 0 saturated heterocycles. The van der Waals surface area contributed by atoms with Gasteiger partial charge in [-0.25, -0.2) is 13.5 Å². The minimum Gasteiger partial charge on any atom is -0.275 e. The van der Waals surface area contributed by atoms with Crippen LogP contribution in [0.5, 0.6) is 0 Å². The molecule has 8 heteroatoms. The van der Waals surface area contributed by atoms with Crippen LogP contribution < -0.4 is 5.43 Å². The average molecular weight is 314 g/mol. The number of hydrazone groups is 1. The van der Waals surface area contributed by atoms with Gasteiger partial charge in [-0.3, -0.25) is 5.43 Å². The molecule has 0 amide bonds. The Kier molecular flexibility index (Phi) is 4.05. The Morgan fingerprint density at radius 2 is 2.04 bits per heavy atom. The van der Waals surface area contributed by atoms with Gasteiger partial charge < -0.3 is 0 Å². The first-order valence-corrected chi connectivity index (χ1v) is 6.72. The molecule has 2 aromatic carbocycles. The van der Waals surface area contributed by atoms with Crippen molar-refractivity contribution in [3.05, 3.63) is 66.0 Å². The van der Waals surface area contributed by atoms with E-state index in [2.05, 4.69) is 26.1 Å². The Bertz CT molecular complexity index is 845. The predicted octanol–water partition coefficient (Wildman–Crippen LogP) is 2.78. The van der Waals surface area contributed by atoms with E-state index >= 15 is 0 Å². The van der Waals surface area contributed by atoms with Gasteiger partial charge in [0, 0.05) is 6.07 Å². The van der Waals surface area contributed by atoms with Crippen molar-refractivity contribution >= 4 is 11.4 Å². The molecule has 0 saturated carbocycles. The van der Waals surface area contributed by atoms with Crippen LogP contribution in [0.4, 0.5) is 14.5 Å². The highest BCUT2D eigenvalue weighted by molar-refractivity contribution is 5.99.